The highest BCUT2D eigenvalue weighted by atomic mass is 14.9. The van der Waals surface area contributed by atoms with Crippen LogP contribution in [0, 0.1) is 0 Å². The van der Waals surface area contributed by atoms with Crippen molar-refractivity contribution in [2.75, 3.05) is 0 Å². The van der Waals surface area contributed by atoms with Crippen molar-refractivity contribution >= 4 is 7.55 Å². The summed E-state index contributed by atoms with van der Waals surface area (Å²) in [4.78, 5) is 0. The van der Waals surface area contributed by atoms with E-state index in [0.29, 0.717) is 0 Å². The van der Waals surface area contributed by atoms with Crippen LogP contribution in [0.25, 0.3) is 0 Å². The van der Waals surface area contributed by atoms with Crippen molar-refractivity contribution in [3.8, 4) is 0 Å². The summed E-state index contributed by atoms with van der Waals surface area (Å²) >= 11 is 0. The molecular weight excluding hydrogens is 86.9 g/mol. The van der Waals surface area contributed by atoms with Gasteiger partial charge in [0.05, 0.1) is 0 Å². The summed E-state index contributed by atoms with van der Waals surface area (Å²) in [5, 5.41) is 5.74. The van der Waals surface area contributed by atoms with Crippen LogP contribution >= 0.6 is 0 Å². The quantitative estimate of drug-likeness (QED) is 0.403. The molecule has 0 bridgehead atoms. The van der Waals surface area contributed by atoms with Gasteiger partial charge < -0.3 is 10.5 Å². The van der Waals surface area contributed by atoms with E-state index in [9.17, 15) is 0 Å². The number of hydrogen-bond donors (Lipinski definition) is 2. The fourth-order valence-electron chi connectivity index (χ4n) is 0.367. The van der Waals surface area contributed by atoms with Crippen molar-refractivity contribution < 1.29 is 0 Å². The minimum atomic E-state index is 1.75. The molecule has 2 N–H and O–H groups in total. The Kier molecular flexibility index (Phi) is 1.44. The van der Waals surface area contributed by atoms with Crippen molar-refractivity contribution in [2.24, 2.45) is 0 Å². The molecule has 2 nitrogen and oxygen atoms in total. The summed E-state index contributed by atoms with van der Waals surface area (Å²) in [5.41, 5.74) is 0. The summed E-state index contributed by atoms with van der Waals surface area (Å²) < 4.78 is 0. The van der Waals surface area contributed by atoms with Gasteiger partial charge in [0.25, 0.3) is 0 Å². The highest BCUT2D eigenvalue weighted by Gasteiger charge is 1.63. The minimum absolute atomic E-state index is 1.75. The highest BCUT2D eigenvalue weighted by Crippen LogP contribution is 1.72. The van der Waals surface area contributed by atoms with Crippen molar-refractivity contribution in [3.63, 3.8) is 0 Å². The maximum atomic E-state index is 2.87. The van der Waals surface area contributed by atoms with Gasteiger partial charge in [-0.2, -0.15) is 0 Å². The van der Waals surface area contributed by atoms with Crippen LogP contribution in [-0.2, 0) is 0 Å². The summed E-state index contributed by atoms with van der Waals surface area (Å²) in [7, 11) is 1.75. The lowest BCUT2D eigenvalue weighted by Gasteiger charge is -2.12. The molecule has 0 saturated heterocycles. The van der Waals surface area contributed by atoms with Gasteiger partial charge in [0.15, 0.2) is 0 Å². The van der Waals surface area contributed by atoms with Crippen LogP contribution in [0.3, 0.4) is 0 Å². The van der Waals surface area contributed by atoms with E-state index in [4.69, 9.17) is 0 Å². The first-order valence-corrected chi connectivity index (χ1v) is 2.15. The van der Waals surface area contributed by atoms with Crippen LogP contribution in [0.4, 0.5) is 0 Å². The zero-order valence-electron chi connectivity index (χ0n) is 3.89. The molecule has 0 aromatic rings. The lowest BCUT2D eigenvalue weighted by Crippen LogP contribution is -2.23. The first kappa shape index (κ1) is 4.31. The molecule has 1 aliphatic rings. The maximum Gasteiger partial charge on any atom is -0.0467 e. The zero-order chi connectivity index (χ0) is 4.95. The maximum absolute atomic E-state index is 2.87. The molecule has 3 heteroatoms. The molecule has 0 aliphatic carbocycles. The van der Waals surface area contributed by atoms with Crippen LogP contribution in [0.5, 0.6) is 0 Å². The van der Waals surface area contributed by atoms with Crippen molar-refractivity contribution in [3.05, 3.63) is 24.6 Å². The topological polar surface area (TPSA) is 24.1 Å². The van der Waals surface area contributed by atoms with Crippen LogP contribution in [0.2, 0.25) is 0 Å². The van der Waals surface area contributed by atoms with E-state index in [1.54, 1.807) is 7.55 Å². The highest BCUT2D eigenvalue weighted by molar-refractivity contribution is 6.29. The van der Waals surface area contributed by atoms with E-state index in [-0.39, 0.29) is 0 Å². The first-order chi connectivity index (χ1) is 3.50. The lowest BCUT2D eigenvalue weighted by molar-refractivity contribution is 1.25. The second-order valence-corrected chi connectivity index (χ2v) is 1.20. The molecule has 0 saturated carbocycles. The Hall–Kier alpha value is -0.855. The predicted octanol–water partition coefficient (Wildman–Crippen LogP) is -0.259. The van der Waals surface area contributed by atoms with Crippen molar-refractivity contribution in [1.82, 2.24) is 10.5 Å². The molecule has 7 heavy (non-hydrogen) atoms. The number of allylic oxidation sites excluding steroid dienone is 2. The first-order valence-electron chi connectivity index (χ1n) is 2.15. The molecule has 0 fully saturated rings. The van der Waals surface area contributed by atoms with E-state index in [0.717, 1.165) is 0 Å². The second-order valence-electron chi connectivity index (χ2n) is 1.20. The molecule has 0 spiro atoms. The SMILES string of the molecule is [B-]1NC=CC=CN1. The van der Waals surface area contributed by atoms with E-state index in [2.05, 4.69) is 10.5 Å². The summed E-state index contributed by atoms with van der Waals surface area (Å²) in [5.74, 6) is 0. The third-order valence-corrected chi connectivity index (χ3v) is 0.663. The third kappa shape index (κ3) is 1.35. The number of nitrogens with one attached hydrogen (secondary N) is 2. The van der Waals surface area contributed by atoms with Gasteiger partial charge in [-0.3, -0.25) is 0 Å². The lowest BCUT2D eigenvalue weighted by atomic mass is 10.2. The summed E-state index contributed by atoms with van der Waals surface area (Å²) in [6.07, 6.45) is 7.51. The number of rotatable bonds is 0. The molecule has 1 aliphatic heterocycles. The smallest absolute Gasteiger partial charge is 0.0467 e. The molecule has 1 rings (SSSR count). The van der Waals surface area contributed by atoms with Gasteiger partial charge in [0, 0.05) is 0 Å². The molecule has 0 unspecified atom stereocenters. The van der Waals surface area contributed by atoms with Crippen LogP contribution in [-0.4, -0.2) is 7.55 Å². The fourth-order valence-corrected chi connectivity index (χ4v) is 0.367. The van der Waals surface area contributed by atoms with Gasteiger partial charge in [0.1, 0.15) is 0 Å². The Bertz CT molecular complexity index is 85.9. The Balaban J connectivity index is 2.39. The largest absolute Gasteiger partial charge is 0.604 e. The third-order valence-electron chi connectivity index (χ3n) is 0.663. The van der Waals surface area contributed by atoms with Gasteiger partial charge >= 0.3 is 0 Å². The molecular formula is C4H6BN2-. The van der Waals surface area contributed by atoms with Gasteiger partial charge in [-0.15, -0.1) is 0 Å². The monoisotopic (exact) mass is 93.1 g/mol. The normalized spacial score (nSPS) is 17.1. The average molecular weight is 92.9 g/mol. The minimum Gasteiger partial charge on any atom is -0.604 e. The fraction of sp³-hybridized carbons (Fsp3) is 0. The van der Waals surface area contributed by atoms with Crippen LogP contribution < -0.4 is 10.5 Å². The molecule has 1 heterocycles. The van der Waals surface area contributed by atoms with E-state index < -0.39 is 0 Å². The molecule has 0 atom stereocenters. The van der Waals surface area contributed by atoms with Crippen LogP contribution in [0.1, 0.15) is 0 Å². The average Bonchev–Trinajstić information content (AvgIpc) is 1.90. The Morgan fingerprint density at radius 3 is 2.14 bits per heavy atom. The zero-order valence-corrected chi connectivity index (χ0v) is 3.89. The van der Waals surface area contributed by atoms with Crippen molar-refractivity contribution in [2.45, 2.75) is 0 Å². The van der Waals surface area contributed by atoms with Crippen LogP contribution in [0.15, 0.2) is 24.6 Å². The van der Waals surface area contributed by atoms with Gasteiger partial charge in [0.2, 0.25) is 0 Å². The Morgan fingerprint density at radius 2 is 1.57 bits per heavy atom. The Morgan fingerprint density at radius 1 is 1.00 bits per heavy atom. The van der Waals surface area contributed by atoms with Gasteiger partial charge in [-0.05, 0) is 24.6 Å². The molecule has 0 aromatic carbocycles. The van der Waals surface area contributed by atoms with E-state index in [1.165, 1.54) is 0 Å². The molecule has 0 amide bonds. The second kappa shape index (κ2) is 2.34. The molecule has 36 valence electrons. The van der Waals surface area contributed by atoms with Gasteiger partial charge in [-0.1, -0.05) is 7.55 Å². The summed E-state index contributed by atoms with van der Waals surface area (Å²) in [6, 6.07) is 0. The van der Waals surface area contributed by atoms with E-state index in [1.807, 2.05) is 24.6 Å². The van der Waals surface area contributed by atoms with Crippen molar-refractivity contribution in [1.29, 1.82) is 0 Å². The Labute approximate surface area is 43.6 Å². The molecule has 0 aromatic heterocycles. The number of hydrogen-bond acceptors (Lipinski definition) is 2. The molecule has 2 radical (unpaired) electrons. The summed E-state index contributed by atoms with van der Waals surface area (Å²) in [6.45, 7) is 0. The van der Waals surface area contributed by atoms with E-state index >= 15 is 0 Å². The van der Waals surface area contributed by atoms with Gasteiger partial charge in [-0.25, -0.2) is 0 Å². The predicted molar refractivity (Wildman–Crippen MR) is 30.3 cm³/mol. The standard InChI is InChI=1S/C4H6BN2/c1-2-4-7-5-6-3-1/h1-4,6-7H/q-1.